The molecule has 7 heteroatoms. The number of thiocarbonyl (C=S) groups is 1. The molecule has 5 rings (SSSR count). The van der Waals surface area contributed by atoms with E-state index in [4.69, 9.17) is 27.8 Å². The van der Waals surface area contributed by atoms with Crippen molar-refractivity contribution in [1.29, 1.82) is 0 Å². The number of ether oxygens (including phenoxy) is 1. The normalized spacial score (nSPS) is 14.3. The van der Waals surface area contributed by atoms with Crippen molar-refractivity contribution in [3.05, 3.63) is 72.2 Å². The minimum Gasteiger partial charge on any atom is -0.457 e. The van der Waals surface area contributed by atoms with E-state index in [-0.39, 0.29) is 0 Å². The smallest absolute Gasteiger partial charge is 0.164 e. The SMILES string of the molecule is Nc1ncnc2c1c(C(=S)c1cccc(Oc3ccccc3)c1)nn2C1CCCC1. The van der Waals surface area contributed by atoms with Crippen molar-refractivity contribution in [3.8, 4) is 11.5 Å². The summed E-state index contributed by atoms with van der Waals surface area (Å²) in [6, 6.07) is 17.7. The van der Waals surface area contributed by atoms with Gasteiger partial charge in [0.2, 0.25) is 0 Å². The second-order valence-electron chi connectivity index (χ2n) is 7.46. The van der Waals surface area contributed by atoms with Gasteiger partial charge in [-0.05, 0) is 42.7 Å². The molecule has 0 saturated heterocycles. The average Bonchev–Trinajstić information content (AvgIpc) is 3.43. The number of para-hydroxylation sites is 1. The topological polar surface area (TPSA) is 78.8 Å². The fourth-order valence-corrected chi connectivity index (χ4v) is 4.29. The Morgan fingerprint density at radius 3 is 2.57 bits per heavy atom. The maximum absolute atomic E-state index is 6.23. The van der Waals surface area contributed by atoms with E-state index in [1.54, 1.807) is 0 Å². The predicted octanol–water partition coefficient (Wildman–Crippen LogP) is 5.08. The molecule has 1 aliphatic rings. The maximum Gasteiger partial charge on any atom is 0.164 e. The van der Waals surface area contributed by atoms with Crippen LogP contribution in [-0.2, 0) is 0 Å². The van der Waals surface area contributed by atoms with Crippen molar-refractivity contribution in [2.45, 2.75) is 31.7 Å². The van der Waals surface area contributed by atoms with E-state index in [2.05, 4.69) is 9.97 Å². The van der Waals surface area contributed by atoms with Crippen molar-refractivity contribution in [2.24, 2.45) is 0 Å². The zero-order chi connectivity index (χ0) is 20.5. The highest BCUT2D eigenvalue weighted by Crippen LogP contribution is 2.34. The lowest BCUT2D eigenvalue weighted by Gasteiger charge is -2.10. The van der Waals surface area contributed by atoms with Gasteiger partial charge in [0.05, 0.1) is 16.3 Å². The summed E-state index contributed by atoms with van der Waals surface area (Å²) >= 11 is 5.84. The zero-order valence-electron chi connectivity index (χ0n) is 16.4. The molecule has 6 nitrogen and oxygen atoms in total. The van der Waals surface area contributed by atoms with E-state index in [0.717, 1.165) is 35.2 Å². The monoisotopic (exact) mass is 415 g/mol. The lowest BCUT2D eigenvalue weighted by molar-refractivity contribution is 0.478. The molecule has 1 aliphatic carbocycles. The van der Waals surface area contributed by atoms with Crippen LogP contribution in [0, 0.1) is 0 Å². The van der Waals surface area contributed by atoms with Crippen molar-refractivity contribution in [2.75, 3.05) is 5.73 Å². The van der Waals surface area contributed by atoms with Gasteiger partial charge in [-0.25, -0.2) is 14.6 Å². The van der Waals surface area contributed by atoms with Crippen molar-refractivity contribution >= 4 is 33.9 Å². The molecule has 2 heterocycles. The number of fused-ring (bicyclic) bond motifs is 1. The van der Waals surface area contributed by atoms with Crippen LogP contribution in [0.25, 0.3) is 11.0 Å². The van der Waals surface area contributed by atoms with Gasteiger partial charge >= 0.3 is 0 Å². The largest absolute Gasteiger partial charge is 0.457 e. The van der Waals surface area contributed by atoms with Gasteiger partial charge in [-0.3, -0.25) is 0 Å². The third-order valence-electron chi connectivity index (χ3n) is 5.48. The molecule has 1 fully saturated rings. The highest BCUT2D eigenvalue weighted by Gasteiger charge is 2.25. The summed E-state index contributed by atoms with van der Waals surface area (Å²) in [7, 11) is 0. The fourth-order valence-electron chi connectivity index (χ4n) is 4.02. The molecule has 30 heavy (non-hydrogen) atoms. The lowest BCUT2D eigenvalue weighted by Crippen LogP contribution is -2.09. The number of nitrogens with two attached hydrogens (primary N) is 1. The number of hydrogen-bond donors (Lipinski definition) is 1. The number of nitrogen functional groups attached to an aromatic ring is 1. The molecule has 0 radical (unpaired) electrons. The number of hydrogen-bond acceptors (Lipinski definition) is 6. The first-order valence-electron chi connectivity index (χ1n) is 10.1. The van der Waals surface area contributed by atoms with Crippen LogP contribution in [0.15, 0.2) is 60.9 Å². The second kappa shape index (κ2) is 7.84. The minimum atomic E-state index is 0.325. The van der Waals surface area contributed by atoms with Crippen LogP contribution in [0.1, 0.15) is 43.0 Å². The van der Waals surface area contributed by atoms with Crippen LogP contribution in [-0.4, -0.2) is 24.6 Å². The van der Waals surface area contributed by atoms with Gasteiger partial charge in [0.15, 0.2) is 5.65 Å². The fraction of sp³-hybridized carbons (Fsp3) is 0.217. The highest BCUT2D eigenvalue weighted by molar-refractivity contribution is 7.81. The molecule has 2 aromatic carbocycles. The maximum atomic E-state index is 6.23. The summed E-state index contributed by atoms with van der Waals surface area (Å²) < 4.78 is 7.96. The molecule has 0 bridgehead atoms. The first kappa shape index (κ1) is 18.7. The highest BCUT2D eigenvalue weighted by atomic mass is 32.1. The van der Waals surface area contributed by atoms with E-state index < -0.39 is 0 Å². The number of nitrogens with zero attached hydrogens (tertiary/aromatic N) is 4. The van der Waals surface area contributed by atoms with Crippen LogP contribution in [0.5, 0.6) is 11.5 Å². The van der Waals surface area contributed by atoms with E-state index in [1.165, 1.54) is 19.2 Å². The molecule has 2 aromatic heterocycles. The summed E-state index contributed by atoms with van der Waals surface area (Å²) in [5, 5.41) is 5.60. The Balaban J connectivity index is 1.54. The Hall–Kier alpha value is -3.32. The molecule has 150 valence electrons. The summed E-state index contributed by atoms with van der Waals surface area (Å²) in [6.07, 6.45) is 6.07. The molecule has 2 N–H and O–H groups in total. The Kier molecular flexibility index (Phi) is 4.88. The van der Waals surface area contributed by atoms with Gasteiger partial charge in [-0.15, -0.1) is 0 Å². The number of benzene rings is 2. The summed E-state index contributed by atoms with van der Waals surface area (Å²) in [5.74, 6) is 1.89. The molecular formula is C23H21N5OS. The van der Waals surface area contributed by atoms with Crippen molar-refractivity contribution < 1.29 is 4.74 Å². The first-order chi connectivity index (χ1) is 14.7. The predicted molar refractivity (Wildman–Crippen MR) is 121 cm³/mol. The molecule has 1 saturated carbocycles. The van der Waals surface area contributed by atoms with Gasteiger partial charge < -0.3 is 10.5 Å². The van der Waals surface area contributed by atoms with E-state index in [1.807, 2.05) is 59.3 Å². The minimum absolute atomic E-state index is 0.325. The third kappa shape index (κ3) is 3.41. The molecule has 0 amide bonds. The van der Waals surface area contributed by atoms with E-state index in [9.17, 15) is 0 Å². The Morgan fingerprint density at radius 1 is 1.00 bits per heavy atom. The summed E-state index contributed by atoms with van der Waals surface area (Å²) in [5.41, 5.74) is 8.48. The van der Waals surface area contributed by atoms with Crippen molar-refractivity contribution in [1.82, 2.24) is 19.7 Å². The van der Waals surface area contributed by atoms with Gasteiger partial charge in [-0.1, -0.05) is 55.4 Å². The molecule has 0 spiro atoms. The van der Waals surface area contributed by atoms with Gasteiger partial charge in [0.1, 0.15) is 29.3 Å². The van der Waals surface area contributed by atoms with E-state index in [0.29, 0.717) is 28.2 Å². The number of anilines is 1. The molecule has 0 aliphatic heterocycles. The van der Waals surface area contributed by atoms with Crippen LogP contribution >= 0.6 is 12.2 Å². The van der Waals surface area contributed by atoms with Gasteiger partial charge in [0.25, 0.3) is 0 Å². The summed E-state index contributed by atoms with van der Waals surface area (Å²) in [6.45, 7) is 0. The summed E-state index contributed by atoms with van der Waals surface area (Å²) in [4.78, 5) is 9.28. The quantitative estimate of drug-likeness (QED) is 0.362. The third-order valence-corrected chi connectivity index (χ3v) is 5.91. The molecule has 0 unspecified atom stereocenters. The van der Waals surface area contributed by atoms with Crippen LogP contribution in [0.3, 0.4) is 0 Å². The second-order valence-corrected chi connectivity index (χ2v) is 7.87. The Bertz CT molecular complexity index is 1210. The molecular weight excluding hydrogens is 394 g/mol. The van der Waals surface area contributed by atoms with Gasteiger partial charge in [0, 0.05) is 0 Å². The van der Waals surface area contributed by atoms with Crippen LogP contribution in [0.4, 0.5) is 5.82 Å². The van der Waals surface area contributed by atoms with Crippen LogP contribution in [0.2, 0.25) is 0 Å². The van der Waals surface area contributed by atoms with Crippen molar-refractivity contribution in [3.63, 3.8) is 0 Å². The molecule has 4 aromatic rings. The Labute approximate surface area is 179 Å². The number of aromatic nitrogens is 4. The first-order valence-corrected chi connectivity index (χ1v) is 10.5. The Morgan fingerprint density at radius 2 is 1.77 bits per heavy atom. The lowest BCUT2D eigenvalue weighted by atomic mass is 10.1. The molecule has 0 atom stereocenters. The average molecular weight is 416 g/mol. The zero-order valence-corrected chi connectivity index (χ0v) is 17.2. The van der Waals surface area contributed by atoms with Gasteiger partial charge in [-0.2, -0.15) is 5.10 Å². The van der Waals surface area contributed by atoms with E-state index >= 15 is 0 Å². The number of rotatable bonds is 5. The van der Waals surface area contributed by atoms with Crippen LogP contribution < -0.4 is 10.5 Å². The standard InChI is InChI=1S/C23H21N5OS/c24-22-19-20(27-28(16-8-4-5-9-16)23(19)26-14-25-22)21(30)15-7-6-12-18(13-15)29-17-10-2-1-3-11-17/h1-3,6-7,10-14,16H,4-5,8-9H2,(H2,24,25,26).